The number of benzene rings is 1. The highest BCUT2D eigenvalue weighted by Gasteiger charge is 2.29. The third-order valence-electron chi connectivity index (χ3n) is 5.83. The van der Waals surface area contributed by atoms with E-state index in [0.29, 0.717) is 12.1 Å². The van der Waals surface area contributed by atoms with Gasteiger partial charge in [-0.1, -0.05) is 62.4 Å². The minimum Gasteiger partial charge on any atom is -0.311 e. The third kappa shape index (κ3) is 3.88. The third-order valence-corrected chi connectivity index (χ3v) is 5.83. The smallest absolute Gasteiger partial charge is 0.0138 e. The number of rotatable bonds is 4. The lowest BCUT2D eigenvalue weighted by Crippen LogP contribution is -2.45. The summed E-state index contributed by atoms with van der Waals surface area (Å²) in [7, 11) is 0. The SMILES string of the molecule is C[C@@H](NC1CCCCC1c1ccccc1)C1CCCCC1. The second kappa shape index (κ2) is 7.45. The molecule has 2 unspecified atom stereocenters. The molecule has 1 nitrogen and oxygen atoms in total. The molecule has 1 aromatic rings. The van der Waals surface area contributed by atoms with Crippen molar-refractivity contribution in [2.75, 3.05) is 0 Å². The molecule has 0 bridgehead atoms. The maximum atomic E-state index is 4.04. The summed E-state index contributed by atoms with van der Waals surface area (Å²) < 4.78 is 0. The van der Waals surface area contributed by atoms with Gasteiger partial charge >= 0.3 is 0 Å². The van der Waals surface area contributed by atoms with Crippen molar-refractivity contribution in [2.24, 2.45) is 5.92 Å². The standard InChI is InChI=1S/C20H31N/c1-16(17-10-4-2-5-11-17)21-20-15-9-8-14-19(20)18-12-6-3-7-13-18/h3,6-7,12-13,16-17,19-21H,2,4-5,8-11,14-15H2,1H3/t16-,19?,20?/m1/s1. The van der Waals surface area contributed by atoms with E-state index >= 15 is 0 Å². The summed E-state index contributed by atoms with van der Waals surface area (Å²) in [5.74, 6) is 1.64. The van der Waals surface area contributed by atoms with Crippen LogP contribution in [0, 0.1) is 5.92 Å². The Morgan fingerprint density at radius 2 is 1.52 bits per heavy atom. The average Bonchev–Trinajstić information content (AvgIpc) is 2.57. The van der Waals surface area contributed by atoms with Crippen molar-refractivity contribution in [3.05, 3.63) is 35.9 Å². The highest BCUT2D eigenvalue weighted by molar-refractivity contribution is 5.22. The molecule has 0 heterocycles. The predicted octanol–water partition coefficient (Wildman–Crippen LogP) is 5.27. The Morgan fingerprint density at radius 3 is 2.29 bits per heavy atom. The van der Waals surface area contributed by atoms with Crippen LogP contribution in [-0.2, 0) is 0 Å². The Balaban J connectivity index is 1.64. The molecule has 3 atom stereocenters. The maximum absolute atomic E-state index is 4.04. The monoisotopic (exact) mass is 285 g/mol. The number of hydrogen-bond donors (Lipinski definition) is 1. The van der Waals surface area contributed by atoms with Crippen molar-refractivity contribution in [1.29, 1.82) is 0 Å². The van der Waals surface area contributed by atoms with Crippen molar-refractivity contribution in [1.82, 2.24) is 5.32 Å². The molecule has 1 aromatic carbocycles. The molecule has 0 amide bonds. The second-order valence-electron chi connectivity index (χ2n) is 7.26. The van der Waals surface area contributed by atoms with Crippen LogP contribution in [0.3, 0.4) is 0 Å². The highest BCUT2D eigenvalue weighted by atomic mass is 15.0. The van der Waals surface area contributed by atoms with Crippen LogP contribution in [-0.4, -0.2) is 12.1 Å². The lowest BCUT2D eigenvalue weighted by atomic mass is 9.78. The van der Waals surface area contributed by atoms with Gasteiger partial charge in [-0.05, 0) is 50.0 Å². The van der Waals surface area contributed by atoms with Crippen LogP contribution in [0.2, 0.25) is 0 Å². The molecule has 2 saturated carbocycles. The van der Waals surface area contributed by atoms with Crippen LogP contribution in [0.15, 0.2) is 30.3 Å². The van der Waals surface area contributed by atoms with Gasteiger partial charge in [0.1, 0.15) is 0 Å². The van der Waals surface area contributed by atoms with Crippen molar-refractivity contribution in [3.63, 3.8) is 0 Å². The molecule has 2 aliphatic carbocycles. The van der Waals surface area contributed by atoms with Gasteiger partial charge in [-0.15, -0.1) is 0 Å². The minimum atomic E-state index is 0.693. The summed E-state index contributed by atoms with van der Waals surface area (Å²) in [6.45, 7) is 2.44. The lowest BCUT2D eigenvalue weighted by Gasteiger charge is -2.38. The van der Waals surface area contributed by atoms with E-state index in [2.05, 4.69) is 42.6 Å². The van der Waals surface area contributed by atoms with Crippen LogP contribution in [0.1, 0.15) is 76.2 Å². The largest absolute Gasteiger partial charge is 0.311 e. The van der Waals surface area contributed by atoms with E-state index < -0.39 is 0 Å². The summed E-state index contributed by atoms with van der Waals surface area (Å²) in [6, 6.07) is 12.6. The van der Waals surface area contributed by atoms with E-state index in [4.69, 9.17) is 0 Å². The van der Waals surface area contributed by atoms with Crippen molar-refractivity contribution in [3.8, 4) is 0 Å². The minimum absolute atomic E-state index is 0.693. The second-order valence-corrected chi connectivity index (χ2v) is 7.26. The molecule has 1 heteroatoms. The summed E-state index contributed by atoms with van der Waals surface area (Å²) >= 11 is 0. The fourth-order valence-corrected chi connectivity index (χ4v) is 4.54. The summed E-state index contributed by atoms with van der Waals surface area (Å²) in [4.78, 5) is 0. The summed E-state index contributed by atoms with van der Waals surface area (Å²) in [5, 5.41) is 4.04. The fourth-order valence-electron chi connectivity index (χ4n) is 4.54. The molecule has 0 saturated heterocycles. The van der Waals surface area contributed by atoms with Crippen LogP contribution < -0.4 is 5.32 Å². The van der Waals surface area contributed by atoms with Crippen LogP contribution in [0.25, 0.3) is 0 Å². The van der Waals surface area contributed by atoms with E-state index in [1.165, 1.54) is 57.8 Å². The van der Waals surface area contributed by atoms with Crippen molar-refractivity contribution >= 4 is 0 Å². The van der Waals surface area contributed by atoms with Gasteiger partial charge in [0.15, 0.2) is 0 Å². The Bertz CT molecular complexity index is 407. The topological polar surface area (TPSA) is 12.0 Å². The van der Waals surface area contributed by atoms with E-state index in [0.717, 1.165) is 11.8 Å². The average molecular weight is 285 g/mol. The Kier molecular flexibility index (Phi) is 5.35. The first kappa shape index (κ1) is 15.1. The predicted molar refractivity (Wildman–Crippen MR) is 90.6 cm³/mol. The van der Waals surface area contributed by atoms with E-state index in [1.807, 2.05) is 0 Å². The van der Waals surface area contributed by atoms with Gasteiger partial charge in [0, 0.05) is 12.1 Å². The lowest BCUT2D eigenvalue weighted by molar-refractivity contribution is 0.229. The molecule has 0 spiro atoms. The first-order chi connectivity index (χ1) is 10.3. The molecule has 1 N–H and O–H groups in total. The number of hydrogen-bond acceptors (Lipinski definition) is 1. The maximum Gasteiger partial charge on any atom is 0.0138 e. The first-order valence-electron chi connectivity index (χ1n) is 9.15. The normalized spacial score (nSPS) is 29.2. The Hall–Kier alpha value is -0.820. The van der Waals surface area contributed by atoms with Gasteiger partial charge in [0.05, 0.1) is 0 Å². The van der Waals surface area contributed by atoms with Gasteiger partial charge in [-0.3, -0.25) is 0 Å². The van der Waals surface area contributed by atoms with Crippen molar-refractivity contribution in [2.45, 2.75) is 82.7 Å². The Morgan fingerprint density at radius 1 is 0.857 bits per heavy atom. The van der Waals surface area contributed by atoms with Gasteiger partial charge in [0.25, 0.3) is 0 Å². The molecule has 2 aliphatic rings. The van der Waals surface area contributed by atoms with Crippen LogP contribution in [0.5, 0.6) is 0 Å². The molecule has 116 valence electrons. The zero-order valence-corrected chi connectivity index (χ0v) is 13.6. The van der Waals surface area contributed by atoms with E-state index in [1.54, 1.807) is 5.56 Å². The summed E-state index contributed by atoms with van der Waals surface area (Å²) in [6.07, 6.45) is 12.8. The molecular formula is C20H31N. The van der Waals surface area contributed by atoms with Gasteiger partial charge < -0.3 is 5.32 Å². The highest BCUT2D eigenvalue weighted by Crippen LogP contribution is 2.34. The van der Waals surface area contributed by atoms with E-state index in [9.17, 15) is 0 Å². The van der Waals surface area contributed by atoms with E-state index in [-0.39, 0.29) is 0 Å². The number of nitrogens with one attached hydrogen (secondary N) is 1. The molecule has 3 rings (SSSR count). The zero-order chi connectivity index (χ0) is 14.5. The molecule has 21 heavy (non-hydrogen) atoms. The zero-order valence-electron chi connectivity index (χ0n) is 13.6. The quantitative estimate of drug-likeness (QED) is 0.794. The molecular weight excluding hydrogens is 254 g/mol. The molecule has 0 aromatic heterocycles. The fraction of sp³-hybridized carbons (Fsp3) is 0.700. The first-order valence-corrected chi connectivity index (χ1v) is 9.15. The molecule has 0 aliphatic heterocycles. The van der Waals surface area contributed by atoms with Crippen LogP contribution in [0.4, 0.5) is 0 Å². The molecule has 0 radical (unpaired) electrons. The Labute approximate surface area is 130 Å². The van der Waals surface area contributed by atoms with Gasteiger partial charge in [-0.2, -0.15) is 0 Å². The van der Waals surface area contributed by atoms with Crippen molar-refractivity contribution < 1.29 is 0 Å². The van der Waals surface area contributed by atoms with Gasteiger partial charge in [0.2, 0.25) is 0 Å². The summed E-state index contributed by atoms with van der Waals surface area (Å²) in [5.41, 5.74) is 1.55. The molecule has 2 fully saturated rings. The van der Waals surface area contributed by atoms with Gasteiger partial charge in [-0.25, -0.2) is 0 Å². The van der Waals surface area contributed by atoms with Crippen LogP contribution >= 0.6 is 0 Å².